The van der Waals surface area contributed by atoms with Crippen LogP contribution in [0.5, 0.6) is 0 Å². The van der Waals surface area contributed by atoms with Crippen molar-refractivity contribution in [2.45, 2.75) is 19.9 Å². The summed E-state index contributed by atoms with van der Waals surface area (Å²) in [6.45, 7) is 2.25. The fourth-order valence-electron chi connectivity index (χ4n) is 4.33. The highest BCUT2D eigenvalue weighted by atomic mass is 32.2. The van der Waals surface area contributed by atoms with E-state index >= 15 is 0 Å². The van der Waals surface area contributed by atoms with Crippen LogP contribution in [0.1, 0.15) is 34.0 Å². The number of carboxylic acid groups (broad SMARTS) is 1. The van der Waals surface area contributed by atoms with Crippen LogP contribution in [-0.2, 0) is 32.6 Å². The number of anilines is 1. The number of sulfonamides is 1. The lowest BCUT2D eigenvalue weighted by Gasteiger charge is -2.26. The molecule has 0 bridgehead atoms. The van der Waals surface area contributed by atoms with E-state index in [1.54, 1.807) is 54.2 Å². The first-order valence-corrected chi connectivity index (χ1v) is 14.7. The molecule has 0 spiro atoms. The topological polar surface area (TPSA) is 139 Å². The molecule has 1 heterocycles. The molecule has 1 atom stereocenters. The molecule has 0 aliphatic carbocycles. The maximum Gasteiger partial charge on any atom is 0.335 e. The molecule has 0 saturated heterocycles. The highest BCUT2D eigenvalue weighted by Crippen LogP contribution is 2.21. The Labute approximate surface area is 244 Å². The van der Waals surface area contributed by atoms with Crippen LogP contribution >= 0.6 is 0 Å². The van der Waals surface area contributed by atoms with E-state index in [2.05, 4.69) is 5.10 Å². The summed E-state index contributed by atoms with van der Waals surface area (Å²) < 4.78 is 29.3. The fraction of sp³-hybridized carbons (Fsp3) is 0.161. The zero-order valence-electron chi connectivity index (χ0n) is 22.8. The molecule has 0 fully saturated rings. The van der Waals surface area contributed by atoms with Crippen LogP contribution in [0.3, 0.4) is 0 Å². The Kier molecular flexibility index (Phi) is 9.66. The van der Waals surface area contributed by atoms with Crippen LogP contribution in [0.2, 0.25) is 0 Å². The molecule has 2 amide bonds. The van der Waals surface area contributed by atoms with E-state index < -0.39 is 33.7 Å². The quantitative estimate of drug-likeness (QED) is 0.240. The molecule has 0 aliphatic heterocycles. The first-order chi connectivity index (χ1) is 20.1. The molecule has 11 heteroatoms. The lowest BCUT2D eigenvalue weighted by molar-refractivity contribution is -0.132. The largest absolute Gasteiger partial charge is 0.478 e. The van der Waals surface area contributed by atoms with Crippen molar-refractivity contribution in [3.8, 4) is 0 Å². The third-order valence-corrected chi connectivity index (χ3v) is 7.38. The smallest absolute Gasteiger partial charge is 0.335 e. The standard InChI is InChI=1S/C31H30N4O6S/c1-2-35(27-15-9-14-26(19-27)31(38)39)30(37)28(18-25-20-32-34(22-25)21-24-12-7-4-8-13-24)29(36)33-42(40,41)17-16-23-10-5-3-6-11-23/h3-17,19-20,22,28H,2,18,21H2,1H3,(H,33,36)(H,38,39). The predicted molar refractivity (Wildman–Crippen MR) is 159 cm³/mol. The summed E-state index contributed by atoms with van der Waals surface area (Å²) in [5.74, 6) is -4.32. The van der Waals surface area contributed by atoms with Crippen LogP contribution in [0.25, 0.3) is 6.08 Å². The van der Waals surface area contributed by atoms with Crippen LogP contribution < -0.4 is 9.62 Å². The molecule has 0 saturated carbocycles. The molecule has 0 radical (unpaired) electrons. The van der Waals surface area contributed by atoms with Crippen molar-refractivity contribution in [3.63, 3.8) is 0 Å². The Balaban J connectivity index is 1.61. The number of carbonyl (C=O) groups excluding carboxylic acids is 2. The van der Waals surface area contributed by atoms with Crippen molar-refractivity contribution >= 4 is 39.6 Å². The molecule has 216 valence electrons. The van der Waals surface area contributed by atoms with Crippen molar-refractivity contribution in [3.05, 3.63) is 125 Å². The number of carboxylic acids is 1. The van der Waals surface area contributed by atoms with Crippen LogP contribution in [0.15, 0.2) is 103 Å². The van der Waals surface area contributed by atoms with E-state index in [1.807, 2.05) is 35.1 Å². The van der Waals surface area contributed by atoms with Gasteiger partial charge in [0.25, 0.3) is 10.0 Å². The molecule has 10 nitrogen and oxygen atoms in total. The second-order valence-corrected chi connectivity index (χ2v) is 11.0. The minimum atomic E-state index is -4.25. The number of aromatic nitrogens is 2. The Morgan fingerprint density at radius 3 is 2.33 bits per heavy atom. The molecular formula is C31H30N4O6S. The summed E-state index contributed by atoms with van der Waals surface area (Å²) in [7, 11) is -4.25. The number of carbonyl (C=O) groups is 3. The Hall–Kier alpha value is -5.03. The molecule has 4 aromatic rings. The molecule has 0 aliphatic rings. The normalized spacial score (nSPS) is 12.1. The van der Waals surface area contributed by atoms with E-state index in [9.17, 15) is 27.9 Å². The number of hydrogen-bond donors (Lipinski definition) is 2. The fourth-order valence-corrected chi connectivity index (χ4v) is 5.16. The van der Waals surface area contributed by atoms with Crippen molar-refractivity contribution < 1.29 is 27.9 Å². The van der Waals surface area contributed by atoms with Gasteiger partial charge in [0.1, 0.15) is 5.92 Å². The zero-order chi connectivity index (χ0) is 30.1. The van der Waals surface area contributed by atoms with Gasteiger partial charge in [-0.2, -0.15) is 5.10 Å². The molecule has 2 N–H and O–H groups in total. The number of aromatic carboxylic acids is 1. The van der Waals surface area contributed by atoms with Crippen LogP contribution in [0, 0.1) is 5.92 Å². The highest BCUT2D eigenvalue weighted by Gasteiger charge is 2.33. The van der Waals surface area contributed by atoms with Gasteiger partial charge in [-0.1, -0.05) is 66.7 Å². The summed E-state index contributed by atoms with van der Waals surface area (Å²) in [6.07, 6.45) is 4.44. The Morgan fingerprint density at radius 1 is 0.976 bits per heavy atom. The summed E-state index contributed by atoms with van der Waals surface area (Å²) in [6, 6.07) is 24.1. The van der Waals surface area contributed by atoms with Crippen molar-refractivity contribution in [2.24, 2.45) is 5.92 Å². The maximum absolute atomic E-state index is 13.8. The maximum atomic E-state index is 13.8. The van der Waals surface area contributed by atoms with Crippen molar-refractivity contribution in [1.82, 2.24) is 14.5 Å². The summed E-state index contributed by atoms with van der Waals surface area (Å²) >= 11 is 0. The summed E-state index contributed by atoms with van der Waals surface area (Å²) in [5, 5.41) is 14.6. The van der Waals surface area contributed by atoms with Gasteiger partial charge in [-0.3, -0.25) is 14.3 Å². The molecular weight excluding hydrogens is 556 g/mol. The number of hydrogen-bond acceptors (Lipinski definition) is 6. The van der Waals surface area contributed by atoms with E-state index in [0.717, 1.165) is 11.0 Å². The monoisotopic (exact) mass is 586 g/mol. The summed E-state index contributed by atoms with van der Waals surface area (Å²) in [5.41, 5.74) is 2.41. The zero-order valence-corrected chi connectivity index (χ0v) is 23.6. The van der Waals surface area contributed by atoms with E-state index in [1.165, 1.54) is 35.4 Å². The van der Waals surface area contributed by atoms with Crippen molar-refractivity contribution in [1.29, 1.82) is 0 Å². The van der Waals surface area contributed by atoms with Gasteiger partial charge in [0.05, 0.1) is 23.7 Å². The first kappa shape index (κ1) is 29.9. The van der Waals surface area contributed by atoms with Gasteiger partial charge in [-0.25, -0.2) is 17.9 Å². The van der Waals surface area contributed by atoms with E-state index in [4.69, 9.17) is 0 Å². The Bertz CT molecular complexity index is 1680. The number of rotatable bonds is 12. The third-order valence-electron chi connectivity index (χ3n) is 6.40. The van der Waals surface area contributed by atoms with Crippen molar-refractivity contribution in [2.75, 3.05) is 11.4 Å². The van der Waals surface area contributed by atoms with Gasteiger partial charge in [-0.05, 0) is 54.3 Å². The van der Waals surface area contributed by atoms with Crippen LogP contribution in [0.4, 0.5) is 5.69 Å². The predicted octanol–water partition coefficient (Wildman–Crippen LogP) is 3.96. The summed E-state index contributed by atoms with van der Waals surface area (Å²) in [4.78, 5) is 40.1. The Morgan fingerprint density at radius 2 is 1.67 bits per heavy atom. The molecule has 4 rings (SSSR count). The highest BCUT2D eigenvalue weighted by molar-refractivity contribution is 7.93. The van der Waals surface area contributed by atoms with Gasteiger partial charge in [0.15, 0.2) is 0 Å². The number of nitrogens with zero attached hydrogens (tertiary/aromatic N) is 3. The minimum absolute atomic E-state index is 0.0319. The lowest BCUT2D eigenvalue weighted by Crippen LogP contribution is -2.46. The molecule has 3 aromatic carbocycles. The lowest BCUT2D eigenvalue weighted by atomic mass is 9.98. The second kappa shape index (κ2) is 13.6. The van der Waals surface area contributed by atoms with E-state index in [-0.39, 0.29) is 24.2 Å². The van der Waals surface area contributed by atoms with Gasteiger partial charge >= 0.3 is 5.97 Å². The number of amides is 2. The average Bonchev–Trinajstić information content (AvgIpc) is 3.43. The van der Waals surface area contributed by atoms with Gasteiger partial charge in [-0.15, -0.1) is 0 Å². The third kappa shape index (κ3) is 8.01. The molecule has 42 heavy (non-hydrogen) atoms. The molecule has 1 unspecified atom stereocenters. The molecule has 1 aromatic heterocycles. The van der Waals surface area contributed by atoms with Gasteiger partial charge in [0, 0.05) is 18.4 Å². The van der Waals surface area contributed by atoms with Gasteiger partial charge in [0.2, 0.25) is 11.8 Å². The van der Waals surface area contributed by atoms with Crippen LogP contribution in [-0.4, -0.2) is 47.6 Å². The average molecular weight is 587 g/mol. The van der Waals surface area contributed by atoms with Gasteiger partial charge < -0.3 is 10.0 Å². The minimum Gasteiger partial charge on any atom is -0.478 e. The first-order valence-electron chi connectivity index (χ1n) is 13.1. The SMILES string of the molecule is CCN(C(=O)C(Cc1cnn(Cc2ccccc2)c1)C(=O)NS(=O)(=O)C=Cc1ccccc1)c1cccc(C(=O)O)c1. The number of benzene rings is 3. The van der Waals surface area contributed by atoms with E-state index in [0.29, 0.717) is 17.7 Å². The number of nitrogens with one attached hydrogen (secondary N) is 1. The second-order valence-electron chi connectivity index (χ2n) is 9.45.